The highest BCUT2D eigenvalue weighted by atomic mass is 35.5. The molecule has 35 heavy (non-hydrogen) atoms. The van der Waals surface area contributed by atoms with Crippen molar-refractivity contribution in [1.82, 2.24) is 9.55 Å². The molecule has 2 heterocycles. The third kappa shape index (κ3) is 5.63. The molecule has 10 heteroatoms. The number of nitrogens with one attached hydrogen (secondary N) is 1. The van der Waals surface area contributed by atoms with Crippen LogP contribution in [0.1, 0.15) is 54.7 Å². The van der Waals surface area contributed by atoms with E-state index in [1.54, 1.807) is 12.1 Å². The van der Waals surface area contributed by atoms with Gasteiger partial charge in [0.1, 0.15) is 22.8 Å². The van der Waals surface area contributed by atoms with Gasteiger partial charge in [-0.25, -0.2) is 14.2 Å². The van der Waals surface area contributed by atoms with E-state index in [2.05, 4.69) is 10.3 Å². The van der Waals surface area contributed by atoms with Crippen molar-refractivity contribution in [2.75, 3.05) is 25.1 Å². The van der Waals surface area contributed by atoms with Gasteiger partial charge in [0.15, 0.2) is 0 Å². The second-order valence-corrected chi connectivity index (χ2v) is 9.82. The van der Waals surface area contributed by atoms with Crippen molar-refractivity contribution < 1.29 is 24.5 Å². The molecule has 3 aromatic rings. The van der Waals surface area contributed by atoms with Crippen molar-refractivity contribution in [2.45, 2.75) is 39.7 Å². The van der Waals surface area contributed by atoms with Crippen molar-refractivity contribution in [3.8, 4) is 0 Å². The zero-order valence-corrected chi connectivity index (χ0v) is 20.6. The lowest BCUT2D eigenvalue weighted by atomic mass is 9.86. The number of hydrogen-bond donors (Lipinski definition) is 4. The average Bonchev–Trinajstić information content (AvgIpc) is 2.78. The van der Waals surface area contributed by atoms with E-state index in [0.717, 1.165) is 0 Å². The minimum Gasteiger partial charge on any atom is -0.477 e. The smallest absolute Gasteiger partial charge is 0.341 e. The molecule has 0 radical (unpaired) electrons. The van der Waals surface area contributed by atoms with Crippen LogP contribution in [-0.4, -0.2) is 50.6 Å². The number of aliphatic hydroxyl groups excluding tert-OH is 2. The number of halogens is 2. The molecule has 0 bridgehead atoms. The second-order valence-electron chi connectivity index (χ2n) is 9.41. The van der Waals surface area contributed by atoms with Crippen LogP contribution in [0, 0.1) is 11.2 Å². The van der Waals surface area contributed by atoms with Gasteiger partial charge in [-0.3, -0.25) is 4.79 Å². The van der Waals surface area contributed by atoms with Gasteiger partial charge in [0, 0.05) is 25.8 Å². The molecule has 0 unspecified atom stereocenters. The van der Waals surface area contributed by atoms with E-state index in [-0.39, 0.29) is 41.3 Å². The number of fused-ring (bicyclic) bond motifs is 1. The number of aromatic carboxylic acids is 1. The van der Waals surface area contributed by atoms with E-state index in [1.807, 2.05) is 20.8 Å². The van der Waals surface area contributed by atoms with E-state index in [9.17, 15) is 29.3 Å². The third-order valence-electron chi connectivity index (χ3n) is 5.86. The fraction of sp³-hybridized carbons (Fsp3) is 0.400. The van der Waals surface area contributed by atoms with Gasteiger partial charge in [0.05, 0.1) is 23.1 Å². The fourth-order valence-corrected chi connectivity index (χ4v) is 4.14. The van der Waals surface area contributed by atoms with E-state index < -0.39 is 34.2 Å². The summed E-state index contributed by atoms with van der Waals surface area (Å²) in [7, 11) is 0. The van der Waals surface area contributed by atoms with Crippen molar-refractivity contribution in [3.63, 3.8) is 0 Å². The van der Waals surface area contributed by atoms with Crippen molar-refractivity contribution in [3.05, 3.63) is 68.2 Å². The molecule has 1 aromatic carbocycles. The molecule has 3 rings (SSSR count). The van der Waals surface area contributed by atoms with Gasteiger partial charge in [-0.1, -0.05) is 44.5 Å². The number of hydrogen-bond acceptors (Lipinski definition) is 6. The molecule has 0 aliphatic heterocycles. The number of rotatable bonds is 9. The molecule has 0 amide bonds. The first-order valence-corrected chi connectivity index (χ1v) is 11.6. The number of anilines is 1. The van der Waals surface area contributed by atoms with Gasteiger partial charge >= 0.3 is 5.97 Å². The molecule has 1 atom stereocenters. The highest BCUT2D eigenvalue weighted by Gasteiger charge is 2.29. The lowest BCUT2D eigenvalue weighted by Crippen LogP contribution is -2.31. The number of nitrogens with zero attached hydrogens (tertiary/aromatic N) is 2. The van der Waals surface area contributed by atoms with Gasteiger partial charge in [0.2, 0.25) is 5.43 Å². The molecule has 0 aliphatic rings. The number of pyridine rings is 2. The SMILES string of the molecule is CC(C)(C)[C@@H](CO)n1cc(C(=O)O)c(=O)c2cc(Cc3cccc(Cl)c3F)c(NCCCO)nc21. The predicted octanol–water partition coefficient (Wildman–Crippen LogP) is 3.85. The maximum Gasteiger partial charge on any atom is 0.341 e. The largest absolute Gasteiger partial charge is 0.477 e. The van der Waals surface area contributed by atoms with Crippen LogP contribution in [0.25, 0.3) is 11.0 Å². The topological polar surface area (TPSA) is 125 Å². The second kappa shape index (κ2) is 10.7. The molecule has 4 N–H and O–H groups in total. The number of carboxylic acid groups (broad SMARTS) is 1. The summed E-state index contributed by atoms with van der Waals surface area (Å²) in [5.74, 6) is -1.64. The highest BCUT2D eigenvalue weighted by molar-refractivity contribution is 6.30. The molecule has 2 aromatic heterocycles. The van der Waals surface area contributed by atoms with Crippen LogP contribution < -0.4 is 10.7 Å². The Balaban J connectivity index is 2.33. The number of carbonyl (C=O) groups is 1. The first-order valence-electron chi connectivity index (χ1n) is 11.2. The van der Waals surface area contributed by atoms with E-state index in [1.165, 1.54) is 22.9 Å². The Kier molecular flexibility index (Phi) is 8.15. The molecular formula is C25H29ClFN3O5. The van der Waals surface area contributed by atoms with Crippen molar-refractivity contribution in [1.29, 1.82) is 0 Å². The Morgan fingerprint density at radius 3 is 2.57 bits per heavy atom. The lowest BCUT2D eigenvalue weighted by molar-refractivity contribution is 0.0692. The number of benzene rings is 1. The monoisotopic (exact) mass is 505 g/mol. The third-order valence-corrected chi connectivity index (χ3v) is 6.15. The Bertz CT molecular complexity index is 1300. The summed E-state index contributed by atoms with van der Waals surface area (Å²) in [4.78, 5) is 29.7. The molecule has 0 saturated heterocycles. The summed E-state index contributed by atoms with van der Waals surface area (Å²) in [6.45, 7) is 5.65. The number of aliphatic hydroxyl groups is 2. The number of aromatic nitrogens is 2. The normalized spacial score (nSPS) is 12.7. The van der Waals surface area contributed by atoms with Gasteiger partial charge < -0.3 is 25.2 Å². The summed E-state index contributed by atoms with van der Waals surface area (Å²) < 4.78 is 16.2. The van der Waals surface area contributed by atoms with Crippen LogP contribution in [-0.2, 0) is 6.42 Å². The zero-order chi connectivity index (χ0) is 25.9. The van der Waals surface area contributed by atoms with Crippen LogP contribution in [0.2, 0.25) is 5.02 Å². The van der Waals surface area contributed by atoms with Gasteiger partial charge in [-0.05, 0) is 35.1 Å². The summed E-state index contributed by atoms with van der Waals surface area (Å²) in [5, 5.41) is 32.1. The molecule has 0 aliphatic carbocycles. The highest BCUT2D eigenvalue weighted by Crippen LogP contribution is 2.33. The summed E-state index contributed by atoms with van der Waals surface area (Å²) in [5.41, 5.74) is -0.753. The Morgan fingerprint density at radius 1 is 1.26 bits per heavy atom. The quantitative estimate of drug-likeness (QED) is 0.325. The molecule has 8 nitrogen and oxygen atoms in total. The van der Waals surface area contributed by atoms with Gasteiger partial charge in [-0.15, -0.1) is 0 Å². The van der Waals surface area contributed by atoms with Gasteiger partial charge in [-0.2, -0.15) is 0 Å². The standard InChI is InChI=1S/C25H29ClFN3O5/c1-25(2,3)19(13-32)30-12-17(24(34)35)21(33)16-11-15(10-14-6-4-7-18(26)20(14)27)22(29-23(16)30)28-8-5-9-31/h4,6-7,11-12,19,31-32H,5,8-10,13H2,1-3H3,(H,28,29)(H,34,35)/t19-/m1/s1. The van der Waals surface area contributed by atoms with E-state index in [4.69, 9.17) is 11.6 Å². The summed E-state index contributed by atoms with van der Waals surface area (Å²) in [6.07, 6.45) is 1.67. The average molecular weight is 506 g/mol. The minimum absolute atomic E-state index is 0.0379. The van der Waals surface area contributed by atoms with E-state index >= 15 is 0 Å². The van der Waals surface area contributed by atoms with Crippen LogP contribution in [0.5, 0.6) is 0 Å². The zero-order valence-electron chi connectivity index (χ0n) is 19.8. The Labute approximate surface area is 207 Å². The molecule has 0 saturated carbocycles. The van der Waals surface area contributed by atoms with Crippen LogP contribution >= 0.6 is 11.6 Å². The van der Waals surface area contributed by atoms with Crippen molar-refractivity contribution in [2.24, 2.45) is 5.41 Å². The minimum atomic E-state index is -1.40. The predicted molar refractivity (Wildman–Crippen MR) is 133 cm³/mol. The Morgan fingerprint density at radius 2 is 1.97 bits per heavy atom. The van der Waals surface area contributed by atoms with Gasteiger partial charge in [0.25, 0.3) is 0 Å². The summed E-state index contributed by atoms with van der Waals surface area (Å²) >= 11 is 5.94. The Hall–Kier alpha value is -3.01. The van der Waals surface area contributed by atoms with E-state index in [0.29, 0.717) is 24.3 Å². The lowest BCUT2D eigenvalue weighted by Gasteiger charge is -2.32. The number of carboxylic acids is 1. The maximum atomic E-state index is 14.7. The molecule has 188 valence electrons. The first-order chi connectivity index (χ1) is 16.5. The van der Waals surface area contributed by atoms with Crippen LogP contribution in [0.15, 0.2) is 35.3 Å². The van der Waals surface area contributed by atoms with Crippen LogP contribution in [0.3, 0.4) is 0 Å². The fourth-order valence-electron chi connectivity index (χ4n) is 3.95. The summed E-state index contributed by atoms with van der Waals surface area (Å²) in [6, 6.07) is 5.53. The maximum absolute atomic E-state index is 14.7. The molecule has 0 fully saturated rings. The first kappa shape index (κ1) is 26.6. The van der Waals surface area contributed by atoms with Crippen LogP contribution in [0.4, 0.5) is 10.2 Å². The molecule has 0 spiro atoms. The van der Waals surface area contributed by atoms with Crippen molar-refractivity contribution >= 4 is 34.4 Å². The molecular weight excluding hydrogens is 477 g/mol.